The molecule has 0 saturated heterocycles. The van der Waals surface area contributed by atoms with Crippen molar-refractivity contribution < 1.29 is 18.0 Å². The molecule has 0 unspecified atom stereocenters. The Bertz CT molecular complexity index is 1480. The molecule has 32 heavy (non-hydrogen) atoms. The lowest BCUT2D eigenvalue weighted by molar-refractivity contribution is 0.0640. The van der Waals surface area contributed by atoms with Crippen molar-refractivity contribution in [3.05, 3.63) is 94.9 Å². The number of hydrogen-bond donors (Lipinski definition) is 0. The maximum Gasteiger partial charge on any atom is 0.268 e. The highest BCUT2D eigenvalue weighted by molar-refractivity contribution is 7.90. The average molecular weight is 446 g/mol. The van der Waals surface area contributed by atoms with Crippen molar-refractivity contribution in [1.29, 1.82) is 0 Å². The summed E-state index contributed by atoms with van der Waals surface area (Å²) in [5.74, 6) is -0.881. The number of pyridine rings is 1. The van der Waals surface area contributed by atoms with Gasteiger partial charge in [-0.25, -0.2) is 12.4 Å². The van der Waals surface area contributed by atoms with Gasteiger partial charge in [0.1, 0.15) is 0 Å². The standard InChI is InChI=1S/C24H19N3O4S/c1-15-7-9-19(10-8-15)32(30,31)27-18(12-17-13-25-16(2)11-22(17)27)14-26-23(28)20-5-3-4-6-21(20)24(26)29/h3-13H,14H2,1-2H3. The number of nitrogens with zero attached hydrogens (tertiary/aromatic N) is 3. The van der Waals surface area contributed by atoms with Crippen molar-refractivity contribution in [2.24, 2.45) is 0 Å². The lowest BCUT2D eigenvalue weighted by Gasteiger charge is -2.17. The minimum atomic E-state index is -3.99. The van der Waals surface area contributed by atoms with Gasteiger partial charge in [-0.15, -0.1) is 0 Å². The Balaban J connectivity index is 1.67. The summed E-state index contributed by atoms with van der Waals surface area (Å²) < 4.78 is 28.5. The number of fused-ring (bicyclic) bond motifs is 2. The third-order valence-corrected chi connectivity index (χ3v) is 7.39. The van der Waals surface area contributed by atoms with Gasteiger partial charge in [0.2, 0.25) is 0 Å². The Labute approximate surface area is 185 Å². The molecule has 1 aliphatic rings. The van der Waals surface area contributed by atoms with Crippen molar-refractivity contribution >= 4 is 32.7 Å². The fourth-order valence-corrected chi connectivity index (χ4v) is 5.52. The fraction of sp³-hybridized carbons (Fsp3) is 0.125. The largest absolute Gasteiger partial charge is 0.269 e. The van der Waals surface area contributed by atoms with Crippen LogP contribution < -0.4 is 0 Å². The van der Waals surface area contributed by atoms with E-state index in [4.69, 9.17) is 0 Å². The molecule has 0 fully saturated rings. The number of carbonyl (C=O) groups is 2. The van der Waals surface area contributed by atoms with Gasteiger partial charge in [-0.05, 0) is 50.2 Å². The molecule has 0 bridgehead atoms. The second-order valence-corrected chi connectivity index (χ2v) is 9.63. The van der Waals surface area contributed by atoms with Crippen LogP contribution in [0, 0.1) is 13.8 Å². The molecule has 2 amide bonds. The molecule has 5 rings (SSSR count). The second kappa shape index (κ2) is 7.13. The van der Waals surface area contributed by atoms with E-state index in [0.29, 0.717) is 33.4 Å². The zero-order valence-electron chi connectivity index (χ0n) is 17.4. The molecule has 2 aromatic carbocycles. The summed E-state index contributed by atoms with van der Waals surface area (Å²) in [7, 11) is -3.99. The number of benzene rings is 2. The van der Waals surface area contributed by atoms with Crippen molar-refractivity contribution in [3.8, 4) is 0 Å². The van der Waals surface area contributed by atoms with Gasteiger partial charge in [-0.3, -0.25) is 19.5 Å². The summed E-state index contributed by atoms with van der Waals surface area (Å²) in [6.07, 6.45) is 1.59. The molecule has 1 aliphatic heterocycles. The van der Waals surface area contributed by atoms with Crippen LogP contribution in [-0.2, 0) is 16.6 Å². The number of rotatable bonds is 4. The molecule has 7 nitrogen and oxygen atoms in total. The normalized spacial score (nSPS) is 13.8. The molecule has 3 heterocycles. The molecule has 0 spiro atoms. The van der Waals surface area contributed by atoms with Gasteiger partial charge < -0.3 is 0 Å². The van der Waals surface area contributed by atoms with E-state index >= 15 is 0 Å². The van der Waals surface area contributed by atoms with Gasteiger partial charge in [0, 0.05) is 17.3 Å². The van der Waals surface area contributed by atoms with Gasteiger partial charge >= 0.3 is 0 Å². The molecule has 0 saturated carbocycles. The van der Waals surface area contributed by atoms with Crippen molar-refractivity contribution in [2.45, 2.75) is 25.3 Å². The highest BCUT2D eigenvalue weighted by Crippen LogP contribution is 2.30. The first kappa shape index (κ1) is 20.1. The van der Waals surface area contributed by atoms with Crippen LogP contribution in [0.2, 0.25) is 0 Å². The van der Waals surface area contributed by atoms with Crippen LogP contribution in [0.25, 0.3) is 10.9 Å². The molecular formula is C24H19N3O4S. The van der Waals surface area contributed by atoms with Crippen LogP contribution in [0.5, 0.6) is 0 Å². The number of imide groups is 1. The van der Waals surface area contributed by atoms with Crippen LogP contribution in [0.1, 0.15) is 37.7 Å². The molecule has 0 radical (unpaired) electrons. The van der Waals surface area contributed by atoms with E-state index in [1.54, 1.807) is 73.8 Å². The summed E-state index contributed by atoms with van der Waals surface area (Å²) in [6.45, 7) is 3.48. The summed E-state index contributed by atoms with van der Waals surface area (Å²) >= 11 is 0. The Morgan fingerprint density at radius 1 is 0.875 bits per heavy atom. The molecule has 8 heteroatoms. The topological polar surface area (TPSA) is 89.3 Å². The third-order valence-electron chi connectivity index (χ3n) is 5.61. The van der Waals surface area contributed by atoms with Crippen LogP contribution >= 0.6 is 0 Å². The van der Waals surface area contributed by atoms with Gasteiger partial charge in [0.25, 0.3) is 21.8 Å². The average Bonchev–Trinajstić information content (AvgIpc) is 3.25. The van der Waals surface area contributed by atoms with E-state index in [9.17, 15) is 18.0 Å². The Kier molecular flexibility index (Phi) is 4.49. The lowest BCUT2D eigenvalue weighted by Crippen LogP contribution is -2.31. The first-order valence-electron chi connectivity index (χ1n) is 10.0. The number of carbonyl (C=O) groups excluding carboxylic acids is 2. The van der Waals surface area contributed by atoms with Gasteiger partial charge in [-0.2, -0.15) is 0 Å². The fourth-order valence-electron chi connectivity index (χ4n) is 3.99. The zero-order valence-corrected chi connectivity index (χ0v) is 18.3. The first-order valence-corrected chi connectivity index (χ1v) is 11.5. The summed E-state index contributed by atoms with van der Waals surface area (Å²) in [4.78, 5) is 31.2. The van der Waals surface area contributed by atoms with Gasteiger partial charge in [0.15, 0.2) is 0 Å². The Hall–Kier alpha value is -3.78. The van der Waals surface area contributed by atoms with Gasteiger partial charge in [-0.1, -0.05) is 29.8 Å². The first-order chi connectivity index (χ1) is 15.3. The van der Waals surface area contributed by atoms with E-state index in [-0.39, 0.29) is 11.4 Å². The highest BCUT2D eigenvalue weighted by Gasteiger charge is 2.36. The maximum absolute atomic E-state index is 13.7. The molecular weight excluding hydrogens is 426 g/mol. The summed E-state index contributed by atoms with van der Waals surface area (Å²) in [6, 6.07) is 16.5. The predicted octanol–water partition coefficient (Wildman–Crippen LogP) is 3.69. The molecule has 160 valence electrons. The van der Waals surface area contributed by atoms with Crippen LogP contribution in [0.3, 0.4) is 0 Å². The minimum absolute atomic E-state index is 0.124. The van der Waals surface area contributed by atoms with E-state index in [2.05, 4.69) is 4.98 Å². The molecule has 0 aliphatic carbocycles. The predicted molar refractivity (Wildman–Crippen MR) is 119 cm³/mol. The number of aromatic nitrogens is 2. The Morgan fingerprint density at radius 2 is 1.50 bits per heavy atom. The smallest absolute Gasteiger partial charge is 0.268 e. The van der Waals surface area contributed by atoms with Crippen LogP contribution in [-0.4, -0.2) is 34.1 Å². The summed E-state index contributed by atoms with van der Waals surface area (Å²) in [5.41, 5.74) is 2.99. The summed E-state index contributed by atoms with van der Waals surface area (Å²) in [5, 5.41) is 0.609. The second-order valence-electron chi connectivity index (χ2n) is 7.84. The quantitative estimate of drug-likeness (QED) is 0.447. The van der Waals surface area contributed by atoms with E-state index < -0.39 is 21.8 Å². The van der Waals surface area contributed by atoms with E-state index in [0.717, 1.165) is 10.5 Å². The highest BCUT2D eigenvalue weighted by atomic mass is 32.2. The zero-order chi connectivity index (χ0) is 22.6. The SMILES string of the molecule is Cc1ccc(S(=O)(=O)n2c(CN3C(=O)c4ccccc4C3=O)cc3cnc(C)cc32)cc1. The Morgan fingerprint density at radius 3 is 2.12 bits per heavy atom. The number of amides is 2. The van der Waals surface area contributed by atoms with Crippen molar-refractivity contribution in [2.75, 3.05) is 0 Å². The minimum Gasteiger partial charge on any atom is -0.269 e. The monoisotopic (exact) mass is 445 g/mol. The van der Waals surface area contributed by atoms with Crippen molar-refractivity contribution in [1.82, 2.24) is 13.9 Å². The third kappa shape index (κ3) is 3.03. The van der Waals surface area contributed by atoms with Crippen LogP contribution in [0.4, 0.5) is 0 Å². The lowest BCUT2D eigenvalue weighted by atomic mass is 10.1. The van der Waals surface area contributed by atoms with E-state index in [1.807, 2.05) is 6.92 Å². The number of hydrogen-bond acceptors (Lipinski definition) is 5. The van der Waals surface area contributed by atoms with Crippen LogP contribution in [0.15, 0.2) is 71.8 Å². The molecule has 4 aromatic rings. The maximum atomic E-state index is 13.7. The van der Waals surface area contributed by atoms with Gasteiger partial charge in [0.05, 0.1) is 33.8 Å². The molecule has 0 N–H and O–H groups in total. The van der Waals surface area contributed by atoms with E-state index in [1.165, 1.54) is 3.97 Å². The number of aryl methyl sites for hydroxylation is 2. The molecule has 0 atom stereocenters. The van der Waals surface area contributed by atoms with Crippen molar-refractivity contribution in [3.63, 3.8) is 0 Å². The molecule has 2 aromatic heterocycles.